The Balaban J connectivity index is 1.78. The van der Waals surface area contributed by atoms with Crippen LogP contribution in [0.5, 0.6) is 5.75 Å². The van der Waals surface area contributed by atoms with Gasteiger partial charge >= 0.3 is 0 Å². The van der Waals surface area contributed by atoms with Gasteiger partial charge in [0.25, 0.3) is 0 Å². The van der Waals surface area contributed by atoms with Crippen LogP contribution in [0.4, 0.5) is 0 Å². The van der Waals surface area contributed by atoms with Gasteiger partial charge in [-0.2, -0.15) is 0 Å². The minimum absolute atomic E-state index is 0.176. The van der Waals surface area contributed by atoms with Crippen LogP contribution in [0.3, 0.4) is 0 Å². The van der Waals surface area contributed by atoms with Gasteiger partial charge in [-0.25, -0.2) is 4.98 Å². The molecule has 0 saturated heterocycles. The number of benzene rings is 1. The third-order valence-electron chi connectivity index (χ3n) is 3.88. The fourth-order valence-electron chi connectivity index (χ4n) is 2.50. The SMILES string of the molecule is COc1ccc2c(c1)nc(CNC(C)c1ccccn1)n2C. The Morgan fingerprint density at radius 2 is 2.14 bits per heavy atom. The molecule has 5 heteroatoms. The second-order valence-corrected chi connectivity index (χ2v) is 5.30. The van der Waals surface area contributed by atoms with Crippen LogP contribution >= 0.6 is 0 Å². The number of hydrogen-bond acceptors (Lipinski definition) is 4. The van der Waals surface area contributed by atoms with Crippen molar-refractivity contribution >= 4 is 11.0 Å². The van der Waals surface area contributed by atoms with Crippen LogP contribution in [0.15, 0.2) is 42.6 Å². The molecule has 0 fully saturated rings. The van der Waals surface area contributed by atoms with E-state index in [1.54, 1.807) is 7.11 Å². The molecule has 0 amide bonds. The molecular formula is C17H20N4O. The van der Waals surface area contributed by atoms with Crippen LogP contribution in [0.25, 0.3) is 11.0 Å². The number of aromatic nitrogens is 3. The Bertz CT molecular complexity index is 767. The molecule has 3 aromatic rings. The van der Waals surface area contributed by atoms with E-state index in [4.69, 9.17) is 4.74 Å². The van der Waals surface area contributed by atoms with Crippen molar-refractivity contribution in [1.82, 2.24) is 19.9 Å². The maximum Gasteiger partial charge on any atom is 0.123 e. The molecule has 22 heavy (non-hydrogen) atoms. The van der Waals surface area contributed by atoms with Crippen LogP contribution in [0.1, 0.15) is 24.5 Å². The molecule has 1 N–H and O–H groups in total. The van der Waals surface area contributed by atoms with Crippen LogP contribution in [-0.4, -0.2) is 21.6 Å². The number of rotatable bonds is 5. The highest BCUT2D eigenvalue weighted by molar-refractivity contribution is 5.77. The zero-order valence-electron chi connectivity index (χ0n) is 13.1. The van der Waals surface area contributed by atoms with E-state index in [2.05, 4.69) is 26.8 Å². The Labute approximate surface area is 130 Å². The number of ether oxygens (including phenoxy) is 1. The summed E-state index contributed by atoms with van der Waals surface area (Å²) in [5.41, 5.74) is 3.08. The topological polar surface area (TPSA) is 52.0 Å². The number of hydrogen-bond donors (Lipinski definition) is 1. The molecule has 2 heterocycles. The summed E-state index contributed by atoms with van der Waals surface area (Å²) in [5, 5.41) is 3.47. The van der Waals surface area contributed by atoms with Gasteiger partial charge in [-0.1, -0.05) is 6.07 Å². The first-order chi connectivity index (χ1) is 10.7. The summed E-state index contributed by atoms with van der Waals surface area (Å²) in [6, 6.07) is 12.1. The molecule has 0 aliphatic rings. The lowest BCUT2D eigenvalue weighted by Gasteiger charge is -2.12. The predicted octanol–water partition coefficient (Wildman–Crippen LogP) is 2.83. The number of fused-ring (bicyclic) bond motifs is 1. The van der Waals surface area contributed by atoms with Gasteiger partial charge in [-0.05, 0) is 31.2 Å². The molecular weight excluding hydrogens is 276 g/mol. The average molecular weight is 296 g/mol. The number of nitrogens with zero attached hydrogens (tertiary/aromatic N) is 3. The van der Waals surface area contributed by atoms with Crippen molar-refractivity contribution in [2.75, 3.05) is 7.11 Å². The predicted molar refractivity (Wildman–Crippen MR) is 86.8 cm³/mol. The van der Waals surface area contributed by atoms with Gasteiger partial charge in [0, 0.05) is 25.4 Å². The third kappa shape index (κ3) is 2.80. The third-order valence-corrected chi connectivity index (χ3v) is 3.88. The van der Waals surface area contributed by atoms with Crippen molar-refractivity contribution in [3.63, 3.8) is 0 Å². The minimum atomic E-state index is 0.176. The number of methoxy groups -OCH3 is 1. The summed E-state index contributed by atoms with van der Waals surface area (Å²) in [5.74, 6) is 1.82. The van der Waals surface area contributed by atoms with Crippen molar-refractivity contribution in [2.24, 2.45) is 7.05 Å². The highest BCUT2D eigenvalue weighted by Gasteiger charge is 2.11. The molecule has 1 atom stereocenters. The van der Waals surface area contributed by atoms with Crippen molar-refractivity contribution < 1.29 is 4.74 Å². The van der Waals surface area contributed by atoms with Gasteiger partial charge in [0.1, 0.15) is 11.6 Å². The van der Waals surface area contributed by atoms with Crippen LogP contribution in [0, 0.1) is 0 Å². The fourth-order valence-corrected chi connectivity index (χ4v) is 2.50. The monoisotopic (exact) mass is 296 g/mol. The Hall–Kier alpha value is -2.40. The van der Waals surface area contributed by atoms with Gasteiger partial charge in [-0.3, -0.25) is 4.98 Å². The van der Waals surface area contributed by atoms with Crippen molar-refractivity contribution in [3.05, 3.63) is 54.1 Å². The molecule has 5 nitrogen and oxygen atoms in total. The maximum absolute atomic E-state index is 5.25. The molecule has 0 radical (unpaired) electrons. The van der Waals surface area contributed by atoms with E-state index < -0.39 is 0 Å². The number of pyridine rings is 1. The molecule has 2 aromatic heterocycles. The zero-order valence-corrected chi connectivity index (χ0v) is 13.1. The van der Waals surface area contributed by atoms with E-state index in [0.717, 1.165) is 28.3 Å². The molecule has 1 aromatic carbocycles. The van der Waals surface area contributed by atoms with E-state index >= 15 is 0 Å². The first-order valence-electron chi connectivity index (χ1n) is 7.32. The lowest BCUT2D eigenvalue weighted by atomic mass is 10.2. The first-order valence-corrected chi connectivity index (χ1v) is 7.32. The summed E-state index contributed by atoms with van der Waals surface area (Å²) in [6.07, 6.45) is 1.81. The normalized spacial score (nSPS) is 12.5. The highest BCUT2D eigenvalue weighted by Crippen LogP contribution is 2.21. The van der Waals surface area contributed by atoms with Crippen LogP contribution in [0.2, 0.25) is 0 Å². The standard InChI is InChI=1S/C17H20N4O/c1-12(14-6-4-5-9-18-14)19-11-17-20-15-10-13(22-3)7-8-16(15)21(17)2/h4-10,12,19H,11H2,1-3H3. The Kier molecular flexibility index (Phi) is 4.06. The average Bonchev–Trinajstić information content (AvgIpc) is 2.89. The van der Waals surface area contributed by atoms with Crippen molar-refractivity contribution in [2.45, 2.75) is 19.5 Å². The largest absolute Gasteiger partial charge is 0.497 e. The molecule has 3 rings (SSSR count). The van der Waals surface area contributed by atoms with E-state index in [0.29, 0.717) is 6.54 Å². The molecule has 0 aliphatic heterocycles. The van der Waals surface area contributed by atoms with Gasteiger partial charge < -0.3 is 14.6 Å². The van der Waals surface area contributed by atoms with Crippen molar-refractivity contribution in [3.8, 4) is 5.75 Å². The lowest BCUT2D eigenvalue weighted by Crippen LogP contribution is -2.20. The van der Waals surface area contributed by atoms with Gasteiger partial charge in [-0.15, -0.1) is 0 Å². The quantitative estimate of drug-likeness (QED) is 0.786. The molecule has 0 bridgehead atoms. The Morgan fingerprint density at radius 1 is 1.27 bits per heavy atom. The molecule has 0 spiro atoms. The summed E-state index contributed by atoms with van der Waals surface area (Å²) in [7, 11) is 3.70. The Morgan fingerprint density at radius 3 is 2.86 bits per heavy atom. The van der Waals surface area contributed by atoms with Crippen LogP contribution in [-0.2, 0) is 13.6 Å². The van der Waals surface area contributed by atoms with Crippen molar-refractivity contribution in [1.29, 1.82) is 0 Å². The summed E-state index contributed by atoms with van der Waals surface area (Å²) >= 11 is 0. The summed E-state index contributed by atoms with van der Waals surface area (Å²) in [6.45, 7) is 2.79. The lowest BCUT2D eigenvalue weighted by molar-refractivity contribution is 0.415. The molecule has 0 saturated carbocycles. The number of aryl methyl sites for hydroxylation is 1. The number of imidazole rings is 1. The van der Waals surface area contributed by atoms with Gasteiger partial charge in [0.2, 0.25) is 0 Å². The highest BCUT2D eigenvalue weighted by atomic mass is 16.5. The first kappa shape index (κ1) is 14.5. The maximum atomic E-state index is 5.25. The van der Waals surface area contributed by atoms with E-state index in [9.17, 15) is 0 Å². The van der Waals surface area contributed by atoms with Crippen LogP contribution < -0.4 is 10.1 Å². The molecule has 0 aliphatic carbocycles. The smallest absolute Gasteiger partial charge is 0.123 e. The summed E-state index contributed by atoms with van der Waals surface area (Å²) < 4.78 is 7.36. The molecule has 1 unspecified atom stereocenters. The van der Waals surface area contributed by atoms with E-state index in [-0.39, 0.29) is 6.04 Å². The second-order valence-electron chi connectivity index (χ2n) is 5.30. The summed E-state index contributed by atoms with van der Waals surface area (Å²) in [4.78, 5) is 9.06. The van der Waals surface area contributed by atoms with Gasteiger partial charge in [0.15, 0.2) is 0 Å². The second kappa shape index (κ2) is 6.15. The van der Waals surface area contributed by atoms with E-state index in [1.165, 1.54) is 0 Å². The fraction of sp³-hybridized carbons (Fsp3) is 0.294. The number of nitrogens with one attached hydrogen (secondary N) is 1. The van der Waals surface area contributed by atoms with Gasteiger partial charge in [0.05, 0.1) is 30.4 Å². The van der Waals surface area contributed by atoms with E-state index in [1.807, 2.05) is 49.6 Å². The zero-order chi connectivity index (χ0) is 15.5. The molecule has 114 valence electrons. The minimum Gasteiger partial charge on any atom is -0.497 e.